The lowest BCUT2D eigenvalue weighted by Crippen LogP contribution is -2.46. The average molecular weight is 520 g/mol. The minimum absolute atomic E-state index is 0.0973. The average Bonchev–Trinajstić information content (AvgIpc) is 3.22. The van der Waals surface area contributed by atoms with Crippen LogP contribution in [-0.4, -0.2) is 34.3 Å². The van der Waals surface area contributed by atoms with Gasteiger partial charge >= 0.3 is 6.09 Å². The Hall–Kier alpha value is -2.61. The van der Waals surface area contributed by atoms with Gasteiger partial charge in [-0.3, -0.25) is 4.79 Å². The minimum atomic E-state index is -1.00. The molecule has 1 aliphatic rings. The third-order valence-corrected chi connectivity index (χ3v) is 7.02. The van der Waals surface area contributed by atoms with Gasteiger partial charge in [-0.25, -0.2) is 9.18 Å². The van der Waals surface area contributed by atoms with Crippen molar-refractivity contribution in [1.29, 1.82) is 0 Å². The highest BCUT2D eigenvalue weighted by atomic mass is 35.5. The van der Waals surface area contributed by atoms with Crippen molar-refractivity contribution in [3.05, 3.63) is 79.9 Å². The van der Waals surface area contributed by atoms with Crippen LogP contribution in [0.1, 0.15) is 38.3 Å². The number of benzene rings is 2. The molecule has 0 bridgehead atoms. The summed E-state index contributed by atoms with van der Waals surface area (Å²) in [4.78, 5) is 26.9. The SMILES string of the molecule is Cn1ccc2ccc(CN[C@]3(c4c(F)ccc(Cl)c4Cl)CCN(C(=O)OC(C)(C)C)C3)cc2c1=O. The summed E-state index contributed by atoms with van der Waals surface area (Å²) in [6.45, 7) is 6.20. The van der Waals surface area contributed by atoms with Crippen molar-refractivity contribution >= 4 is 40.1 Å². The first-order chi connectivity index (χ1) is 16.4. The van der Waals surface area contributed by atoms with Gasteiger partial charge in [-0.1, -0.05) is 35.3 Å². The van der Waals surface area contributed by atoms with Crippen molar-refractivity contribution in [3.8, 4) is 0 Å². The van der Waals surface area contributed by atoms with E-state index in [2.05, 4.69) is 5.32 Å². The van der Waals surface area contributed by atoms with Crippen LogP contribution >= 0.6 is 23.2 Å². The van der Waals surface area contributed by atoms with E-state index in [1.165, 1.54) is 16.7 Å². The molecule has 1 atom stereocenters. The van der Waals surface area contributed by atoms with Gasteiger partial charge in [0.15, 0.2) is 0 Å². The third kappa shape index (κ3) is 5.17. The van der Waals surface area contributed by atoms with Crippen LogP contribution in [0.15, 0.2) is 47.4 Å². The Kier molecular flexibility index (Phi) is 6.88. The van der Waals surface area contributed by atoms with Crippen LogP contribution in [0.2, 0.25) is 10.0 Å². The summed E-state index contributed by atoms with van der Waals surface area (Å²) in [5.74, 6) is -0.509. The van der Waals surface area contributed by atoms with E-state index in [1.807, 2.05) is 24.3 Å². The summed E-state index contributed by atoms with van der Waals surface area (Å²) < 4.78 is 22.3. The van der Waals surface area contributed by atoms with Gasteiger partial charge in [-0.15, -0.1) is 0 Å². The number of likely N-dealkylation sites (tertiary alicyclic amines) is 1. The number of hydrogen-bond acceptors (Lipinski definition) is 4. The van der Waals surface area contributed by atoms with Gasteiger partial charge in [0, 0.05) is 43.8 Å². The van der Waals surface area contributed by atoms with E-state index < -0.39 is 23.1 Å². The standard InChI is InChI=1S/C26H28Cl2FN3O3/c1-25(2,3)35-24(34)32-12-10-26(15-32,21-20(29)8-7-19(27)22(21)28)30-14-16-5-6-17-9-11-31(4)23(33)18(17)13-16/h5-9,11,13,30H,10,12,14-15H2,1-4H3/t26-/m1/s1. The maximum absolute atomic E-state index is 15.2. The van der Waals surface area contributed by atoms with Crippen LogP contribution in [0.5, 0.6) is 0 Å². The van der Waals surface area contributed by atoms with Crippen LogP contribution in [0.4, 0.5) is 9.18 Å². The third-order valence-electron chi connectivity index (χ3n) is 6.22. The van der Waals surface area contributed by atoms with E-state index in [4.69, 9.17) is 27.9 Å². The fourth-order valence-electron chi connectivity index (χ4n) is 4.46. The second kappa shape index (κ2) is 9.45. The number of amides is 1. The van der Waals surface area contributed by atoms with Crippen LogP contribution < -0.4 is 10.9 Å². The highest BCUT2D eigenvalue weighted by Gasteiger charge is 2.45. The second-order valence-electron chi connectivity index (χ2n) is 9.96. The predicted molar refractivity (Wildman–Crippen MR) is 137 cm³/mol. The van der Waals surface area contributed by atoms with Crippen LogP contribution in [-0.2, 0) is 23.9 Å². The smallest absolute Gasteiger partial charge is 0.410 e. The molecule has 1 fully saturated rings. The zero-order valence-corrected chi connectivity index (χ0v) is 21.6. The molecule has 0 saturated carbocycles. The molecular weight excluding hydrogens is 492 g/mol. The van der Waals surface area contributed by atoms with Gasteiger partial charge in [0.05, 0.1) is 15.6 Å². The van der Waals surface area contributed by atoms with Crippen molar-refractivity contribution in [2.75, 3.05) is 13.1 Å². The Balaban J connectivity index is 1.69. The van der Waals surface area contributed by atoms with E-state index >= 15 is 4.39 Å². The second-order valence-corrected chi connectivity index (χ2v) is 10.7. The largest absolute Gasteiger partial charge is 0.444 e. The van der Waals surface area contributed by atoms with Crippen LogP contribution in [0, 0.1) is 5.82 Å². The molecule has 1 amide bonds. The summed E-state index contributed by atoms with van der Waals surface area (Å²) in [6.07, 6.45) is 1.65. The predicted octanol–water partition coefficient (Wildman–Crippen LogP) is 5.61. The van der Waals surface area contributed by atoms with Crippen molar-refractivity contribution in [2.24, 2.45) is 7.05 Å². The molecule has 1 saturated heterocycles. The number of rotatable bonds is 4. The number of halogens is 3. The summed E-state index contributed by atoms with van der Waals surface area (Å²) in [6, 6.07) is 10.2. The van der Waals surface area contributed by atoms with E-state index in [9.17, 15) is 9.59 Å². The summed E-state index contributed by atoms with van der Waals surface area (Å²) in [7, 11) is 1.70. The number of fused-ring (bicyclic) bond motifs is 1. The topological polar surface area (TPSA) is 63.6 Å². The minimum Gasteiger partial charge on any atom is -0.444 e. The van der Waals surface area contributed by atoms with E-state index in [0.717, 1.165) is 10.9 Å². The molecule has 0 unspecified atom stereocenters. The molecule has 1 N–H and O–H groups in total. The van der Waals surface area contributed by atoms with E-state index in [0.29, 0.717) is 24.9 Å². The van der Waals surface area contributed by atoms with Gasteiger partial charge in [0.25, 0.3) is 5.56 Å². The molecule has 1 aliphatic heterocycles. The van der Waals surface area contributed by atoms with Gasteiger partial charge in [0.1, 0.15) is 11.4 Å². The number of pyridine rings is 1. The molecule has 6 nitrogen and oxygen atoms in total. The highest BCUT2D eigenvalue weighted by Crippen LogP contribution is 2.41. The first-order valence-electron chi connectivity index (χ1n) is 11.4. The molecule has 1 aromatic heterocycles. The number of carbonyl (C=O) groups is 1. The number of nitrogens with one attached hydrogen (secondary N) is 1. The van der Waals surface area contributed by atoms with Gasteiger partial charge < -0.3 is 19.5 Å². The van der Waals surface area contributed by atoms with Gasteiger partial charge in [0.2, 0.25) is 0 Å². The number of aromatic nitrogens is 1. The molecule has 3 aromatic rings. The summed E-state index contributed by atoms with van der Waals surface area (Å²) in [5, 5.41) is 5.22. The molecule has 0 spiro atoms. The first kappa shape index (κ1) is 25.5. The molecule has 0 aliphatic carbocycles. The van der Waals surface area contributed by atoms with Crippen molar-refractivity contribution in [3.63, 3.8) is 0 Å². The van der Waals surface area contributed by atoms with Crippen molar-refractivity contribution in [1.82, 2.24) is 14.8 Å². The quantitative estimate of drug-likeness (QED) is 0.455. The summed E-state index contributed by atoms with van der Waals surface area (Å²) in [5.41, 5.74) is -0.699. The zero-order valence-electron chi connectivity index (χ0n) is 20.1. The lowest BCUT2D eigenvalue weighted by Gasteiger charge is -2.33. The molecule has 186 valence electrons. The molecule has 4 rings (SSSR count). The maximum atomic E-state index is 15.2. The number of aryl methyl sites for hydroxylation is 1. The Bertz CT molecular complexity index is 1350. The zero-order chi connectivity index (χ0) is 25.5. The normalized spacial score (nSPS) is 18.3. The van der Waals surface area contributed by atoms with Crippen LogP contribution in [0.3, 0.4) is 0 Å². The van der Waals surface area contributed by atoms with Gasteiger partial charge in [-0.05, 0) is 62.4 Å². The monoisotopic (exact) mass is 519 g/mol. The summed E-state index contributed by atoms with van der Waals surface area (Å²) >= 11 is 12.8. The lowest BCUT2D eigenvalue weighted by molar-refractivity contribution is 0.0279. The Morgan fingerprint density at radius 1 is 1.20 bits per heavy atom. The number of carbonyl (C=O) groups excluding carboxylic acids is 1. The Morgan fingerprint density at radius 2 is 1.94 bits per heavy atom. The van der Waals surface area contributed by atoms with Crippen LogP contribution in [0.25, 0.3) is 10.8 Å². The highest BCUT2D eigenvalue weighted by molar-refractivity contribution is 6.42. The first-order valence-corrected chi connectivity index (χ1v) is 12.1. The van der Waals surface area contributed by atoms with Gasteiger partial charge in [-0.2, -0.15) is 0 Å². The molecule has 2 aromatic carbocycles. The molecular formula is C26H28Cl2FN3O3. The fourth-order valence-corrected chi connectivity index (χ4v) is 4.95. The number of nitrogens with zero attached hydrogens (tertiary/aromatic N) is 2. The Morgan fingerprint density at radius 3 is 2.66 bits per heavy atom. The molecule has 2 heterocycles. The van der Waals surface area contributed by atoms with E-state index in [1.54, 1.807) is 38.9 Å². The van der Waals surface area contributed by atoms with E-state index in [-0.39, 0.29) is 27.7 Å². The molecule has 9 heteroatoms. The fraction of sp³-hybridized carbons (Fsp3) is 0.385. The maximum Gasteiger partial charge on any atom is 0.410 e. The van der Waals surface area contributed by atoms with Crippen molar-refractivity contribution < 1.29 is 13.9 Å². The molecule has 35 heavy (non-hydrogen) atoms. The molecule has 0 radical (unpaired) electrons. The number of hydrogen-bond donors (Lipinski definition) is 1. The Labute approximate surface area is 213 Å². The number of ether oxygens (including phenoxy) is 1. The lowest BCUT2D eigenvalue weighted by atomic mass is 9.88. The van der Waals surface area contributed by atoms with Crippen molar-refractivity contribution in [2.45, 2.75) is 44.9 Å².